The summed E-state index contributed by atoms with van der Waals surface area (Å²) in [5, 5.41) is 13.6. The monoisotopic (exact) mass is 452 g/mol. The SMILES string of the molecule is O=C(CC1SC(=Nc2ccccc2)N(C2CCCCC2)C1=O)Nc1ccc([N+](=O)[O-])cc1. The summed E-state index contributed by atoms with van der Waals surface area (Å²) in [6.07, 6.45) is 5.26. The van der Waals surface area contributed by atoms with Crippen molar-refractivity contribution < 1.29 is 14.5 Å². The van der Waals surface area contributed by atoms with Crippen LogP contribution in [0.5, 0.6) is 0 Å². The molecular weight excluding hydrogens is 428 g/mol. The molecule has 1 saturated heterocycles. The van der Waals surface area contributed by atoms with Crippen molar-refractivity contribution in [3.8, 4) is 0 Å². The number of nitro benzene ring substituents is 1. The highest BCUT2D eigenvalue weighted by atomic mass is 32.2. The Morgan fingerprint density at radius 1 is 1.09 bits per heavy atom. The number of non-ortho nitro benzene ring substituents is 1. The van der Waals surface area contributed by atoms with Gasteiger partial charge < -0.3 is 5.32 Å². The van der Waals surface area contributed by atoms with E-state index < -0.39 is 10.2 Å². The molecule has 1 unspecified atom stereocenters. The van der Waals surface area contributed by atoms with Gasteiger partial charge in [0, 0.05) is 30.3 Å². The highest BCUT2D eigenvalue weighted by Gasteiger charge is 2.42. The molecule has 1 N–H and O–H groups in total. The van der Waals surface area contributed by atoms with Crippen LogP contribution in [0, 0.1) is 10.1 Å². The first kappa shape index (κ1) is 22.0. The van der Waals surface area contributed by atoms with Gasteiger partial charge in [-0.1, -0.05) is 49.2 Å². The molecule has 1 heterocycles. The molecule has 0 aromatic heterocycles. The fraction of sp³-hybridized carbons (Fsp3) is 0.348. The molecular formula is C23H24N4O4S. The van der Waals surface area contributed by atoms with E-state index in [1.165, 1.54) is 42.4 Å². The third-order valence-electron chi connectivity index (χ3n) is 5.62. The van der Waals surface area contributed by atoms with Crippen molar-refractivity contribution in [2.45, 2.75) is 49.8 Å². The fourth-order valence-corrected chi connectivity index (χ4v) is 5.24. The number of carbonyl (C=O) groups excluding carboxylic acids is 2. The molecule has 8 nitrogen and oxygen atoms in total. The average Bonchev–Trinajstić information content (AvgIpc) is 3.09. The summed E-state index contributed by atoms with van der Waals surface area (Å²) in [6, 6.07) is 15.3. The van der Waals surface area contributed by atoms with Crippen molar-refractivity contribution in [2.24, 2.45) is 4.99 Å². The molecule has 9 heteroatoms. The fourth-order valence-electron chi connectivity index (χ4n) is 4.03. The lowest BCUT2D eigenvalue weighted by atomic mass is 9.94. The summed E-state index contributed by atoms with van der Waals surface area (Å²) in [5.41, 5.74) is 1.19. The van der Waals surface area contributed by atoms with Crippen LogP contribution in [0.3, 0.4) is 0 Å². The number of rotatable bonds is 6. The Morgan fingerprint density at radius 3 is 2.44 bits per heavy atom. The maximum Gasteiger partial charge on any atom is 0.269 e. The van der Waals surface area contributed by atoms with Crippen molar-refractivity contribution in [2.75, 3.05) is 5.32 Å². The second-order valence-corrected chi connectivity index (χ2v) is 9.06. The van der Waals surface area contributed by atoms with E-state index in [9.17, 15) is 19.7 Å². The number of hydrogen-bond donors (Lipinski definition) is 1. The lowest BCUT2D eigenvalue weighted by molar-refractivity contribution is -0.384. The summed E-state index contributed by atoms with van der Waals surface area (Å²) in [7, 11) is 0. The Hall–Kier alpha value is -3.20. The molecule has 4 rings (SSSR count). The lowest BCUT2D eigenvalue weighted by Gasteiger charge is -2.30. The number of hydrogen-bond acceptors (Lipinski definition) is 6. The highest BCUT2D eigenvalue weighted by Crippen LogP contribution is 2.36. The number of nitro groups is 1. The summed E-state index contributed by atoms with van der Waals surface area (Å²) < 4.78 is 0. The Kier molecular flexibility index (Phi) is 6.84. The number of para-hydroxylation sites is 1. The second kappa shape index (κ2) is 9.95. The zero-order chi connectivity index (χ0) is 22.5. The first-order valence-corrected chi connectivity index (χ1v) is 11.6. The number of nitrogens with zero attached hydrogens (tertiary/aromatic N) is 3. The molecule has 2 aliphatic rings. The minimum atomic E-state index is -0.544. The van der Waals surface area contributed by atoms with Crippen LogP contribution in [0.15, 0.2) is 59.6 Å². The van der Waals surface area contributed by atoms with Gasteiger partial charge in [-0.05, 0) is 37.1 Å². The Morgan fingerprint density at radius 2 is 1.78 bits per heavy atom. The van der Waals surface area contributed by atoms with Gasteiger partial charge in [0.1, 0.15) is 5.25 Å². The Balaban J connectivity index is 1.48. The maximum absolute atomic E-state index is 13.3. The van der Waals surface area contributed by atoms with Gasteiger partial charge in [-0.25, -0.2) is 4.99 Å². The molecule has 1 saturated carbocycles. The van der Waals surface area contributed by atoms with Gasteiger partial charge in [0.2, 0.25) is 11.8 Å². The number of thioether (sulfide) groups is 1. The molecule has 1 aliphatic carbocycles. The smallest absolute Gasteiger partial charge is 0.269 e. The van der Waals surface area contributed by atoms with Gasteiger partial charge in [-0.3, -0.25) is 24.6 Å². The Labute approximate surface area is 190 Å². The number of aliphatic imine (C=N–C) groups is 1. The molecule has 2 amide bonds. The average molecular weight is 453 g/mol. The number of anilines is 1. The minimum Gasteiger partial charge on any atom is -0.326 e. The molecule has 0 spiro atoms. The minimum absolute atomic E-state index is 0.0114. The maximum atomic E-state index is 13.3. The topological polar surface area (TPSA) is 105 Å². The van der Waals surface area contributed by atoms with Gasteiger partial charge in [-0.15, -0.1) is 0 Å². The molecule has 0 bridgehead atoms. The van der Waals surface area contributed by atoms with E-state index in [2.05, 4.69) is 5.32 Å². The number of nitrogens with one attached hydrogen (secondary N) is 1. The van der Waals surface area contributed by atoms with Gasteiger partial charge >= 0.3 is 0 Å². The van der Waals surface area contributed by atoms with Gasteiger partial charge in [0.15, 0.2) is 5.17 Å². The van der Waals surface area contributed by atoms with Crippen LogP contribution in [-0.2, 0) is 9.59 Å². The molecule has 32 heavy (non-hydrogen) atoms. The van der Waals surface area contributed by atoms with E-state index in [-0.39, 0.29) is 30.0 Å². The van der Waals surface area contributed by atoms with Crippen LogP contribution in [0.25, 0.3) is 0 Å². The molecule has 2 fully saturated rings. The van der Waals surface area contributed by atoms with E-state index in [0.29, 0.717) is 10.9 Å². The van der Waals surface area contributed by atoms with Crippen molar-refractivity contribution in [3.63, 3.8) is 0 Å². The highest BCUT2D eigenvalue weighted by molar-refractivity contribution is 8.15. The quantitative estimate of drug-likeness (QED) is 0.496. The normalized spacial score (nSPS) is 20.5. The van der Waals surface area contributed by atoms with Crippen molar-refractivity contribution in [3.05, 3.63) is 64.7 Å². The van der Waals surface area contributed by atoms with Crippen LogP contribution in [-0.4, -0.2) is 38.1 Å². The van der Waals surface area contributed by atoms with Crippen molar-refractivity contribution in [1.29, 1.82) is 0 Å². The third-order valence-corrected chi connectivity index (χ3v) is 6.77. The molecule has 2 aromatic rings. The number of amides is 2. The Bertz CT molecular complexity index is 1020. The predicted molar refractivity (Wildman–Crippen MR) is 125 cm³/mol. The van der Waals surface area contributed by atoms with Crippen LogP contribution < -0.4 is 5.32 Å². The first-order chi connectivity index (χ1) is 15.5. The number of amidine groups is 1. The van der Waals surface area contributed by atoms with Gasteiger partial charge in [0.25, 0.3) is 5.69 Å². The number of benzene rings is 2. The van der Waals surface area contributed by atoms with Crippen LogP contribution in [0.1, 0.15) is 38.5 Å². The summed E-state index contributed by atoms with van der Waals surface area (Å²) in [5.74, 6) is -0.385. The predicted octanol–water partition coefficient (Wildman–Crippen LogP) is 4.89. The summed E-state index contributed by atoms with van der Waals surface area (Å²) >= 11 is 1.34. The summed E-state index contributed by atoms with van der Waals surface area (Å²) in [4.78, 5) is 42.7. The van der Waals surface area contributed by atoms with E-state index in [1.807, 2.05) is 30.3 Å². The zero-order valence-electron chi connectivity index (χ0n) is 17.5. The molecule has 1 aliphatic heterocycles. The van der Waals surface area contributed by atoms with Crippen molar-refractivity contribution in [1.82, 2.24) is 4.90 Å². The van der Waals surface area contributed by atoms with Gasteiger partial charge in [0.05, 0.1) is 10.6 Å². The largest absolute Gasteiger partial charge is 0.326 e. The van der Waals surface area contributed by atoms with Crippen molar-refractivity contribution >= 4 is 45.8 Å². The molecule has 0 radical (unpaired) electrons. The molecule has 2 aromatic carbocycles. The lowest BCUT2D eigenvalue weighted by Crippen LogP contribution is -2.42. The van der Waals surface area contributed by atoms with Crippen LogP contribution in [0.4, 0.5) is 17.1 Å². The standard InChI is InChI=1S/C23H24N4O4S/c28-21(24-17-11-13-19(14-12-17)27(30)31)15-20-22(29)26(18-9-5-2-6-10-18)23(32-20)25-16-7-3-1-4-8-16/h1,3-4,7-8,11-14,18,20H,2,5-6,9-10,15H2,(H,24,28). The van der Waals surface area contributed by atoms with Crippen LogP contribution >= 0.6 is 11.8 Å². The first-order valence-electron chi connectivity index (χ1n) is 10.7. The van der Waals surface area contributed by atoms with E-state index in [0.717, 1.165) is 31.4 Å². The van der Waals surface area contributed by atoms with E-state index in [1.54, 1.807) is 4.90 Å². The van der Waals surface area contributed by atoms with E-state index in [4.69, 9.17) is 4.99 Å². The molecule has 1 atom stereocenters. The second-order valence-electron chi connectivity index (χ2n) is 7.89. The van der Waals surface area contributed by atoms with E-state index >= 15 is 0 Å². The van der Waals surface area contributed by atoms with Crippen LogP contribution in [0.2, 0.25) is 0 Å². The third kappa shape index (κ3) is 5.16. The van der Waals surface area contributed by atoms with Gasteiger partial charge in [-0.2, -0.15) is 0 Å². The zero-order valence-corrected chi connectivity index (χ0v) is 18.3. The molecule has 166 valence electrons. The number of carbonyl (C=O) groups is 2. The summed E-state index contributed by atoms with van der Waals surface area (Å²) in [6.45, 7) is 0.